The fraction of sp³-hybridized carbons (Fsp3) is 0.304. The fourth-order valence-corrected chi connectivity index (χ4v) is 4.68. The van der Waals surface area contributed by atoms with E-state index in [0.29, 0.717) is 19.5 Å². The summed E-state index contributed by atoms with van der Waals surface area (Å²) in [6.07, 6.45) is 6.11. The first kappa shape index (κ1) is 19.5. The lowest BCUT2D eigenvalue weighted by Crippen LogP contribution is -2.45. The molecule has 0 bridgehead atoms. The number of piperidine rings is 1. The summed E-state index contributed by atoms with van der Waals surface area (Å²) in [5, 5.41) is 6.25. The van der Waals surface area contributed by atoms with Crippen LogP contribution in [0.4, 0.5) is 0 Å². The Labute approximate surface area is 175 Å². The number of likely N-dealkylation sites (tertiary alicyclic amines) is 1. The van der Waals surface area contributed by atoms with Crippen molar-refractivity contribution in [1.82, 2.24) is 14.8 Å². The number of thiophene rings is 1. The van der Waals surface area contributed by atoms with Crippen LogP contribution in [0.2, 0.25) is 0 Å². The van der Waals surface area contributed by atoms with E-state index in [9.17, 15) is 9.59 Å². The summed E-state index contributed by atoms with van der Waals surface area (Å²) in [5.74, 6) is -0.00886. The maximum absolute atomic E-state index is 12.8. The SMILES string of the molecule is O=C(NCc1ccsc1-n1cccc1)[C@@H]1CCCN(C(=O)Cc2ccccc2)C1. The second-order valence-corrected chi connectivity index (χ2v) is 8.29. The Balaban J connectivity index is 1.32. The van der Waals surface area contributed by atoms with Gasteiger partial charge in [-0.25, -0.2) is 0 Å². The number of carbonyl (C=O) groups is 2. The lowest BCUT2D eigenvalue weighted by molar-refractivity contribution is -0.135. The van der Waals surface area contributed by atoms with Gasteiger partial charge in [-0.05, 0) is 42.0 Å². The van der Waals surface area contributed by atoms with Crippen molar-refractivity contribution in [2.24, 2.45) is 5.92 Å². The van der Waals surface area contributed by atoms with Crippen molar-refractivity contribution in [3.63, 3.8) is 0 Å². The number of hydrogen-bond donors (Lipinski definition) is 1. The minimum absolute atomic E-state index is 0.0341. The van der Waals surface area contributed by atoms with Crippen molar-refractivity contribution in [2.75, 3.05) is 13.1 Å². The number of carbonyl (C=O) groups excluding carboxylic acids is 2. The molecule has 2 aromatic heterocycles. The average Bonchev–Trinajstić information content (AvgIpc) is 3.44. The van der Waals surface area contributed by atoms with E-state index in [4.69, 9.17) is 0 Å². The Morgan fingerprint density at radius 3 is 2.66 bits per heavy atom. The highest BCUT2D eigenvalue weighted by Crippen LogP contribution is 2.23. The predicted octanol–water partition coefficient (Wildman–Crippen LogP) is 3.64. The highest BCUT2D eigenvalue weighted by molar-refractivity contribution is 7.12. The molecule has 0 spiro atoms. The maximum atomic E-state index is 12.8. The molecule has 1 atom stereocenters. The van der Waals surface area contributed by atoms with E-state index >= 15 is 0 Å². The van der Waals surface area contributed by atoms with Gasteiger partial charge >= 0.3 is 0 Å². The molecule has 6 heteroatoms. The molecule has 3 heterocycles. The van der Waals surface area contributed by atoms with Crippen molar-refractivity contribution in [2.45, 2.75) is 25.8 Å². The van der Waals surface area contributed by atoms with Gasteiger partial charge < -0.3 is 14.8 Å². The van der Waals surface area contributed by atoms with E-state index in [-0.39, 0.29) is 17.7 Å². The highest BCUT2D eigenvalue weighted by Gasteiger charge is 2.28. The van der Waals surface area contributed by atoms with Crippen molar-refractivity contribution < 1.29 is 9.59 Å². The summed E-state index contributed by atoms with van der Waals surface area (Å²) in [6.45, 7) is 1.74. The average molecular weight is 408 g/mol. The Morgan fingerprint density at radius 2 is 1.86 bits per heavy atom. The van der Waals surface area contributed by atoms with Crippen molar-refractivity contribution in [3.8, 4) is 5.00 Å². The first-order valence-corrected chi connectivity index (χ1v) is 10.9. The molecule has 0 aliphatic carbocycles. The van der Waals surface area contributed by atoms with Gasteiger partial charge in [0.15, 0.2) is 0 Å². The first-order valence-electron chi connectivity index (χ1n) is 10.00. The normalized spacial score (nSPS) is 16.6. The van der Waals surface area contributed by atoms with Gasteiger partial charge in [0.05, 0.1) is 12.3 Å². The van der Waals surface area contributed by atoms with E-state index in [1.54, 1.807) is 11.3 Å². The quantitative estimate of drug-likeness (QED) is 0.678. The van der Waals surface area contributed by atoms with Gasteiger partial charge in [-0.2, -0.15) is 0 Å². The molecular weight excluding hydrogens is 382 g/mol. The Morgan fingerprint density at radius 1 is 1.07 bits per heavy atom. The number of amides is 2. The zero-order valence-electron chi connectivity index (χ0n) is 16.3. The third kappa shape index (κ3) is 4.77. The summed E-state index contributed by atoms with van der Waals surface area (Å²) < 4.78 is 2.07. The molecule has 1 aliphatic heterocycles. The zero-order chi connectivity index (χ0) is 20.1. The van der Waals surface area contributed by atoms with Gasteiger partial charge in [0.25, 0.3) is 0 Å². The van der Waals surface area contributed by atoms with E-state index in [1.165, 1.54) is 0 Å². The van der Waals surface area contributed by atoms with Gasteiger partial charge in [0, 0.05) is 37.6 Å². The second kappa shape index (κ2) is 9.09. The van der Waals surface area contributed by atoms with Crippen molar-refractivity contribution >= 4 is 23.2 Å². The van der Waals surface area contributed by atoms with Crippen LogP contribution in [0.15, 0.2) is 66.3 Å². The number of benzene rings is 1. The monoisotopic (exact) mass is 407 g/mol. The third-order valence-electron chi connectivity index (χ3n) is 5.36. The minimum atomic E-state index is -0.142. The molecule has 150 valence electrons. The van der Waals surface area contributed by atoms with Crippen LogP contribution in [0, 0.1) is 5.92 Å². The van der Waals surface area contributed by atoms with Crippen LogP contribution < -0.4 is 5.32 Å². The molecule has 1 fully saturated rings. The fourth-order valence-electron chi connectivity index (χ4n) is 3.79. The third-order valence-corrected chi connectivity index (χ3v) is 6.33. The van der Waals surface area contributed by atoms with Gasteiger partial charge in [-0.3, -0.25) is 9.59 Å². The van der Waals surface area contributed by atoms with Crippen molar-refractivity contribution in [1.29, 1.82) is 0 Å². The maximum Gasteiger partial charge on any atom is 0.227 e. The lowest BCUT2D eigenvalue weighted by atomic mass is 9.96. The van der Waals surface area contributed by atoms with Gasteiger partial charge in [0.1, 0.15) is 5.00 Å². The van der Waals surface area contributed by atoms with Gasteiger partial charge in [-0.15, -0.1) is 11.3 Å². The summed E-state index contributed by atoms with van der Waals surface area (Å²) in [7, 11) is 0. The van der Waals surface area contributed by atoms with Crippen LogP contribution in [-0.2, 0) is 22.6 Å². The number of nitrogens with zero attached hydrogens (tertiary/aromatic N) is 2. The van der Waals surface area contributed by atoms with Crippen LogP contribution in [0.25, 0.3) is 5.00 Å². The summed E-state index contributed by atoms with van der Waals surface area (Å²) >= 11 is 1.66. The van der Waals surface area contributed by atoms with Crippen LogP contribution >= 0.6 is 11.3 Å². The molecule has 0 saturated carbocycles. The Bertz CT molecular complexity index is 950. The summed E-state index contributed by atoms with van der Waals surface area (Å²) in [4.78, 5) is 27.3. The van der Waals surface area contributed by atoms with Gasteiger partial charge in [-0.1, -0.05) is 30.3 Å². The van der Waals surface area contributed by atoms with Crippen LogP contribution in [0.1, 0.15) is 24.0 Å². The van der Waals surface area contributed by atoms with E-state index in [1.807, 2.05) is 65.1 Å². The molecule has 1 saturated heterocycles. The largest absolute Gasteiger partial charge is 0.352 e. The van der Waals surface area contributed by atoms with E-state index in [2.05, 4.69) is 16.0 Å². The zero-order valence-corrected chi connectivity index (χ0v) is 17.1. The number of aromatic nitrogens is 1. The van der Waals surface area contributed by atoms with Crippen LogP contribution in [0.5, 0.6) is 0 Å². The van der Waals surface area contributed by atoms with Crippen LogP contribution in [-0.4, -0.2) is 34.4 Å². The molecule has 4 rings (SSSR count). The molecular formula is C23H25N3O2S. The smallest absolute Gasteiger partial charge is 0.227 e. The number of nitrogens with one attached hydrogen (secondary N) is 1. The van der Waals surface area contributed by atoms with Gasteiger partial charge in [0.2, 0.25) is 11.8 Å². The molecule has 29 heavy (non-hydrogen) atoms. The Kier molecular flexibility index (Phi) is 6.10. The summed E-state index contributed by atoms with van der Waals surface area (Å²) in [6, 6.07) is 15.8. The van der Waals surface area contributed by atoms with Crippen molar-refractivity contribution in [3.05, 3.63) is 77.4 Å². The second-order valence-electron chi connectivity index (χ2n) is 7.40. The summed E-state index contributed by atoms with van der Waals surface area (Å²) in [5.41, 5.74) is 2.12. The topological polar surface area (TPSA) is 54.3 Å². The number of hydrogen-bond acceptors (Lipinski definition) is 3. The molecule has 2 amide bonds. The lowest BCUT2D eigenvalue weighted by Gasteiger charge is -2.32. The highest BCUT2D eigenvalue weighted by atomic mass is 32.1. The molecule has 3 aromatic rings. The molecule has 1 aliphatic rings. The standard InChI is InChI=1S/C23H25N3O2S/c27-21(15-18-7-2-1-3-8-18)26-13-6-9-20(17-26)22(28)24-16-19-10-14-29-23(19)25-11-4-5-12-25/h1-5,7-8,10-12,14,20H,6,9,13,15-17H2,(H,24,28)/t20-/m1/s1. The molecule has 1 aromatic carbocycles. The molecule has 5 nitrogen and oxygen atoms in total. The molecule has 1 N–H and O–H groups in total. The van der Waals surface area contributed by atoms with E-state index < -0.39 is 0 Å². The molecule has 0 unspecified atom stereocenters. The Hall–Kier alpha value is -2.86. The molecule has 0 radical (unpaired) electrons. The minimum Gasteiger partial charge on any atom is -0.352 e. The number of rotatable bonds is 6. The van der Waals surface area contributed by atoms with Crippen LogP contribution in [0.3, 0.4) is 0 Å². The van der Waals surface area contributed by atoms with E-state index in [0.717, 1.165) is 35.5 Å². The first-order chi connectivity index (χ1) is 14.2. The predicted molar refractivity (Wildman–Crippen MR) is 115 cm³/mol.